The molecule has 1 radical (unpaired) electrons. The van der Waals surface area contributed by atoms with Crippen LogP contribution in [0.1, 0.15) is 5.56 Å². The fraction of sp³-hybridized carbons (Fsp3) is 0. The summed E-state index contributed by atoms with van der Waals surface area (Å²) in [6.45, 7) is 0. The van der Waals surface area contributed by atoms with Gasteiger partial charge in [-0.1, -0.05) is 30.3 Å². The number of H-pyrrole nitrogens is 1. The largest absolute Gasteiger partial charge is 0.332 e. The molecular formula is C19H11N6O2. The molecule has 1 amide bonds. The van der Waals surface area contributed by atoms with Gasteiger partial charge in [0.05, 0.1) is 17.3 Å². The molecular weight excluding hydrogens is 344 g/mol. The predicted molar refractivity (Wildman–Crippen MR) is 99.0 cm³/mol. The number of anilines is 1. The van der Waals surface area contributed by atoms with E-state index in [-0.39, 0.29) is 17.2 Å². The van der Waals surface area contributed by atoms with E-state index in [4.69, 9.17) is 5.26 Å². The number of benzene rings is 2. The standard InChI is InChI=1S/C19H11N6O2/c20-10-12-5-4-6-13(9-12)16-23-17(21-11-26)15-18(24-16)25(19(27)22-15)14-7-2-1-3-8-14/h1-9H,(H,22,27)(H,21,23,24,26). The molecule has 8 nitrogen and oxygen atoms in total. The minimum Gasteiger partial charge on any atom is -0.301 e. The summed E-state index contributed by atoms with van der Waals surface area (Å²) in [4.78, 5) is 34.9. The first-order valence-electron chi connectivity index (χ1n) is 7.93. The van der Waals surface area contributed by atoms with Crippen LogP contribution in [0.25, 0.3) is 28.2 Å². The van der Waals surface area contributed by atoms with E-state index in [2.05, 4.69) is 26.3 Å². The van der Waals surface area contributed by atoms with Crippen molar-refractivity contribution >= 4 is 23.4 Å². The van der Waals surface area contributed by atoms with E-state index >= 15 is 0 Å². The Morgan fingerprint density at radius 2 is 1.89 bits per heavy atom. The van der Waals surface area contributed by atoms with Gasteiger partial charge in [-0.3, -0.25) is 4.79 Å². The van der Waals surface area contributed by atoms with Crippen LogP contribution < -0.4 is 11.0 Å². The maximum Gasteiger partial charge on any atom is 0.332 e. The topological polar surface area (TPSA) is 116 Å². The number of para-hydroxylation sites is 1. The predicted octanol–water partition coefficient (Wildman–Crippen LogP) is 2.13. The number of hydrogen-bond acceptors (Lipinski definition) is 5. The molecule has 0 saturated carbocycles. The van der Waals surface area contributed by atoms with Gasteiger partial charge in [-0.05, 0) is 24.3 Å². The Kier molecular flexibility index (Phi) is 3.95. The van der Waals surface area contributed by atoms with Crippen LogP contribution in [0.5, 0.6) is 0 Å². The summed E-state index contributed by atoms with van der Waals surface area (Å²) in [7, 11) is 0. The molecule has 0 aliphatic heterocycles. The minimum atomic E-state index is -0.414. The first-order valence-corrected chi connectivity index (χ1v) is 7.93. The van der Waals surface area contributed by atoms with Crippen molar-refractivity contribution < 1.29 is 4.79 Å². The summed E-state index contributed by atoms with van der Waals surface area (Å²) in [5.41, 5.74) is 1.82. The molecule has 0 atom stereocenters. The van der Waals surface area contributed by atoms with Gasteiger partial charge >= 0.3 is 12.1 Å². The molecule has 2 aromatic heterocycles. The van der Waals surface area contributed by atoms with Crippen LogP contribution in [0, 0.1) is 11.3 Å². The molecule has 2 heterocycles. The van der Waals surface area contributed by atoms with Crippen molar-refractivity contribution in [3.05, 3.63) is 70.6 Å². The molecule has 0 aliphatic rings. The van der Waals surface area contributed by atoms with E-state index in [9.17, 15) is 9.59 Å². The highest BCUT2D eigenvalue weighted by Gasteiger charge is 2.17. The summed E-state index contributed by atoms with van der Waals surface area (Å²) in [6.07, 6.45) is 1.57. The number of fused-ring (bicyclic) bond motifs is 1. The molecule has 0 fully saturated rings. The summed E-state index contributed by atoms with van der Waals surface area (Å²) in [5.74, 6) is 0.389. The highest BCUT2D eigenvalue weighted by Crippen LogP contribution is 2.24. The lowest BCUT2D eigenvalue weighted by atomic mass is 10.1. The van der Waals surface area contributed by atoms with Gasteiger partial charge in [-0.15, -0.1) is 0 Å². The first-order chi connectivity index (χ1) is 13.2. The number of nitrogens with one attached hydrogen (secondary N) is 2. The number of carbonyl (C=O) groups excluding carboxylic acids is 1. The third-order valence-electron chi connectivity index (χ3n) is 3.97. The Bertz CT molecular complexity index is 1250. The first kappa shape index (κ1) is 16.2. The number of aromatic nitrogens is 4. The maximum atomic E-state index is 12.5. The Labute approximate surface area is 152 Å². The van der Waals surface area contributed by atoms with Crippen LogP contribution >= 0.6 is 0 Å². The van der Waals surface area contributed by atoms with Crippen LogP contribution in [0.2, 0.25) is 0 Å². The summed E-state index contributed by atoms with van der Waals surface area (Å²) < 4.78 is 1.39. The van der Waals surface area contributed by atoms with Crippen LogP contribution in [0.15, 0.2) is 59.4 Å². The van der Waals surface area contributed by atoms with Crippen LogP contribution in [-0.2, 0) is 4.79 Å². The average Bonchev–Trinajstić information content (AvgIpc) is 3.05. The smallest absolute Gasteiger partial charge is 0.301 e. The number of nitriles is 1. The molecule has 4 rings (SSSR count). The average molecular weight is 355 g/mol. The van der Waals surface area contributed by atoms with Crippen LogP contribution in [-0.4, -0.2) is 25.9 Å². The van der Waals surface area contributed by atoms with Gasteiger partial charge in [0.15, 0.2) is 17.3 Å². The molecule has 8 heteroatoms. The second-order valence-electron chi connectivity index (χ2n) is 5.62. The van der Waals surface area contributed by atoms with Gasteiger partial charge in [-0.25, -0.2) is 19.3 Å². The summed E-state index contributed by atoms with van der Waals surface area (Å²) in [6, 6.07) is 17.8. The number of aromatic amines is 1. The van der Waals surface area contributed by atoms with E-state index < -0.39 is 5.69 Å². The van der Waals surface area contributed by atoms with Gasteiger partial charge in [0.1, 0.15) is 5.52 Å². The third-order valence-corrected chi connectivity index (χ3v) is 3.97. The summed E-state index contributed by atoms with van der Waals surface area (Å²) >= 11 is 0. The Morgan fingerprint density at radius 1 is 1.07 bits per heavy atom. The maximum absolute atomic E-state index is 12.5. The van der Waals surface area contributed by atoms with Crippen molar-refractivity contribution in [1.29, 1.82) is 5.26 Å². The zero-order valence-electron chi connectivity index (χ0n) is 13.8. The molecule has 129 valence electrons. The number of rotatable bonds is 4. The highest BCUT2D eigenvalue weighted by molar-refractivity contribution is 5.90. The minimum absolute atomic E-state index is 0.124. The lowest BCUT2D eigenvalue weighted by Crippen LogP contribution is -2.14. The van der Waals surface area contributed by atoms with Gasteiger partial charge < -0.3 is 10.3 Å². The molecule has 0 spiro atoms. The molecule has 0 saturated heterocycles. The fourth-order valence-electron chi connectivity index (χ4n) is 2.80. The van der Waals surface area contributed by atoms with Crippen molar-refractivity contribution in [2.45, 2.75) is 0 Å². The van der Waals surface area contributed by atoms with Crippen molar-refractivity contribution in [3.8, 4) is 23.1 Å². The number of amides is 1. The van der Waals surface area contributed by atoms with Crippen molar-refractivity contribution in [1.82, 2.24) is 19.5 Å². The van der Waals surface area contributed by atoms with Crippen molar-refractivity contribution in [2.75, 3.05) is 5.32 Å². The Balaban J connectivity index is 2.03. The molecule has 27 heavy (non-hydrogen) atoms. The van der Waals surface area contributed by atoms with Crippen LogP contribution in [0.3, 0.4) is 0 Å². The molecule has 2 N–H and O–H groups in total. The van der Waals surface area contributed by atoms with E-state index in [1.165, 1.54) is 4.57 Å². The van der Waals surface area contributed by atoms with Crippen LogP contribution in [0.4, 0.5) is 5.82 Å². The second-order valence-corrected chi connectivity index (χ2v) is 5.62. The van der Waals surface area contributed by atoms with Gasteiger partial charge in [0.2, 0.25) is 0 Å². The zero-order chi connectivity index (χ0) is 18.8. The Morgan fingerprint density at radius 3 is 2.63 bits per heavy atom. The van der Waals surface area contributed by atoms with Crippen molar-refractivity contribution in [3.63, 3.8) is 0 Å². The number of imidazole rings is 1. The Hall–Kier alpha value is -4.25. The van der Waals surface area contributed by atoms with Gasteiger partial charge in [-0.2, -0.15) is 5.26 Å². The lowest BCUT2D eigenvalue weighted by Gasteiger charge is -2.07. The van der Waals surface area contributed by atoms with Gasteiger partial charge in [0, 0.05) is 5.56 Å². The SMILES string of the molecule is N#Cc1cccc(-c2nc(N[C]=O)c3[nH]c(=O)n(-c4ccccc4)c3n2)c1. The quantitative estimate of drug-likeness (QED) is 0.544. The molecule has 0 aliphatic carbocycles. The number of hydrogen-bond donors (Lipinski definition) is 2. The van der Waals surface area contributed by atoms with Crippen molar-refractivity contribution in [2.24, 2.45) is 0 Å². The normalized spacial score (nSPS) is 10.5. The van der Waals surface area contributed by atoms with Gasteiger partial charge in [0.25, 0.3) is 0 Å². The molecule has 0 unspecified atom stereocenters. The van der Waals surface area contributed by atoms with E-state index in [1.54, 1.807) is 54.9 Å². The summed E-state index contributed by atoms with van der Waals surface area (Å²) in [5, 5.41) is 11.5. The van der Waals surface area contributed by atoms with E-state index in [0.29, 0.717) is 22.5 Å². The zero-order valence-corrected chi connectivity index (χ0v) is 13.8. The second kappa shape index (κ2) is 6.57. The lowest BCUT2D eigenvalue weighted by molar-refractivity contribution is 0.561. The monoisotopic (exact) mass is 355 g/mol. The molecule has 4 aromatic rings. The van der Waals surface area contributed by atoms with E-state index in [0.717, 1.165) is 0 Å². The fourth-order valence-corrected chi connectivity index (χ4v) is 2.80. The highest BCUT2D eigenvalue weighted by atomic mass is 16.1. The third kappa shape index (κ3) is 2.83. The van der Waals surface area contributed by atoms with E-state index in [1.807, 2.05) is 6.07 Å². The molecule has 0 bridgehead atoms. The number of nitrogens with zero attached hydrogens (tertiary/aromatic N) is 4. The molecule has 2 aromatic carbocycles.